The van der Waals surface area contributed by atoms with E-state index in [1.54, 1.807) is 0 Å². The lowest BCUT2D eigenvalue weighted by atomic mass is 10.1. The molecule has 0 aliphatic heterocycles. The van der Waals surface area contributed by atoms with Gasteiger partial charge in [0.25, 0.3) is 0 Å². The quantitative estimate of drug-likeness (QED) is 0.544. The van der Waals surface area contributed by atoms with Crippen molar-refractivity contribution in [3.8, 4) is 0 Å². The lowest BCUT2D eigenvalue weighted by Gasteiger charge is -2.04. The predicted octanol–water partition coefficient (Wildman–Crippen LogP) is 5.18. The van der Waals surface area contributed by atoms with Gasteiger partial charge in [-0.15, -0.1) is 0 Å². The molecule has 0 N–H and O–H groups in total. The molecule has 0 aliphatic rings. The van der Waals surface area contributed by atoms with Gasteiger partial charge in [-0.05, 0) is 35.8 Å². The Morgan fingerprint density at radius 3 is 2.41 bits per heavy atom. The van der Waals surface area contributed by atoms with Gasteiger partial charge in [0.2, 0.25) is 0 Å². The summed E-state index contributed by atoms with van der Waals surface area (Å²) >= 11 is 2.11. The minimum atomic E-state index is 0.876. The summed E-state index contributed by atoms with van der Waals surface area (Å²) in [6.07, 6.45) is 6.84. The van der Waals surface area contributed by atoms with Crippen molar-refractivity contribution in [1.82, 2.24) is 0 Å². The van der Waals surface area contributed by atoms with Crippen molar-refractivity contribution in [2.24, 2.45) is 5.92 Å². The van der Waals surface area contributed by atoms with Gasteiger partial charge in [0.1, 0.15) is 0 Å². The van der Waals surface area contributed by atoms with Crippen LogP contribution in [0, 0.1) is 5.92 Å². The van der Waals surface area contributed by atoms with E-state index in [1.165, 1.54) is 49.2 Å². The Morgan fingerprint density at radius 1 is 0.941 bits per heavy atom. The second-order valence-corrected chi connectivity index (χ2v) is 6.32. The van der Waals surface area contributed by atoms with Crippen LogP contribution in [0.5, 0.6) is 0 Å². The van der Waals surface area contributed by atoms with Crippen LogP contribution in [0.2, 0.25) is 0 Å². The summed E-state index contributed by atoms with van der Waals surface area (Å²) in [5.41, 5.74) is 1.47. The minimum absolute atomic E-state index is 0.876. The van der Waals surface area contributed by atoms with Crippen LogP contribution in [0.4, 0.5) is 0 Å². The van der Waals surface area contributed by atoms with E-state index in [1.807, 2.05) is 0 Å². The molecule has 1 aromatic carbocycles. The highest BCUT2D eigenvalue weighted by Gasteiger charge is 1.95. The van der Waals surface area contributed by atoms with Crippen LogP contribution in [0.25, 0.3) is 0 Å². The van der Waals surface area contributed by atoms with Crippen molar-refractivity contribution in [3.63, 3.8) is 0 Å². The fraction of sp³-hybridized carbons (Fsp3) is 0.625. The number of hydrogen-bond donors (Lipinski definition) is 0. The largest absolute Gasteiger partial charge is 0.162 e. The molecule has 0 fully saturated rings. The van der Waals surface area contributed by atoms with Gasteiger partial charge in [-0.2, -0.15) is 11.8 Å². The highest BCUT2D eigenvalue weighted by atomic mass is 32.2. The monoisotopic (exact) mass is 250 g/mol. The molecule has 1 aromatic rings. The molecule has 0 aliphatic carbocycles. The Bertz CT molecular complexity index is 266. The van der Waals surface area contributed by atoms with E-state index in [0.717, 1.165) is 5.92 Å². The first-order valence-corrected chi connectivity index (χ1v) is 8.06. The molecule has 17 heavy (non-hydrogen) atoms. The zero-order chi connectivity index (χ0) is 12.3. The standard InChI is InChI=1S/C16H26S/c1-15(2)9-5-4-8-13-17-14-12-16-10-6-3-7-11-16/h3,6-7,10-11,15H,4-5,8-9,12-14H2,1-2H3. The summed E-state index contributed by atoms with van der Waals surface area (Å²) in [4.78, 5) is 0. The van der Waals surface area contributed by atoms with E-state index in [9.17, 15) is 0 Å². The Labute approximate surface area is 111 Å². The van der Waals surface area contributed by atoms with Crippen LogP contribution in [0.3, 0.4) is 0 Å². The topological polar surface area (TPSA) is 0 Å². The fourth-order valence-electron chi connectivity index (χ4n) is 1.87. The maximum absolute atomic E-state index is 2.31. The summed E-state index contributed by atoms with van der Waals surface area (Å²) < 4.78 is 0. The van der Waals surface area contributed by atoms with E-state index in [-0.39, 0.29) is 0 Å². The van der Waals surface area contributed by atoms with Crippen molar-refractivity contribution in [2.75, 3.05) is 11.5 Å². The average Bonchev–Trinajstić information content (AvgIpc) is 2.33. The third kappa shape index (κ3) is 8.31. The molecule has 0 atom stereocenters. The third-order valence-electron chi connectivity index (χ3n) is 2.95. The van der Waals surface area contributed by atoms with Gasteiger partial charge in [-0.3, -0.25) is 0 Å². The van der Waals surface area contributed by atoms with Crippen LogP contribution in [0.1, 0.15) is 45.1 Å². The van der Waals surface area contributed by atoms with E-state index in [4.69, 9.17) is 0 Å². The molecule has 0 amide bonds. The first-order valence-electron chi connectivity index (χ1n) is 6.90. The van der Waals surface area contributed by atoms with Gasteiger partial charge in [-0.25, -0.2) is 0 Å². The third-order valence-corrected chi connectivity index (χ3v) is 4.02. The van der Waals surface area contributed by atoms with Gasteiger partial charge >= 0.3 is 0 Å². The number of thioether (sulfide) groups is 1. The molecule has 96 valence electrons. The zero-order valence-electron chi connectivity index (χ0n) is 11.3. The second-order valence-electron chi connectivity index (χ2n) is 5.09. The summed E-state index contributed by atoms with van der Waals surface area (Å²) in [5.74, 6) is 3.49. The fourth-order valence-corrected chi connectivity index (χ4v) is 2.86. The van der Waals surface area contributed by atoms with Gasteiger partial charge in [0.15, 0.2) is 0 Å². The second kappa shape index (κ2) is 9.58. The summed E-state index contributed by atoms with van der Waals surface area (Å²) in [5, 5.41) is 0. The zero-order valence-corrected chi connectivity index (χ0v) is 12.1. The Balaban J connectivity index is 1.88. The highest BCUT2D eigenvalue weighted by Crippen LogP contribution is 2.12. The smallest absolute Gasteiger partial charge is 0.00270 e. The van der Waals surface area contributed by atoms with Crippen LogP contribution in [-0.2, 0) is 6.42 Å². The molecule has 0 saturated heterocycles. The normalized spacial score (nSPS) is 11.0. The summed E-state index contributed by atoms with van der Waals surface area (Å²) in [7, 11) is 0. The first kappa shape index (κ1) is 14.6. The lowest BCUT2D eigenvalue weighted by molar-refractivity contribution is 0.535. The van der Waals surface area contributed by atoms with Gasteiger partial charge < -0.3 is 0 Å². The highest BCUT2D eigenvalue weighted by molar-refractivity contribution is 7.99. The molecule has 1 heteroatoms. The Kier molecular flexibility index (Phi) is 8.25. The van der Waals surface area contributed by atoms with Gasteiger partial charge in [0.05, 0.1) is 0 Å². The predicted molar refractivity (Wildman–Crippen MR) is 80.8 cm³/mol. The molecule has 0 saturated carbocycles. The Hall–Kier alpha value is -0.430. The van der Waals surface area contributed by atoms with Crippen LogP contribution in [-0.4, -0.2) is 11.5 Å². The van der Waals surface area contributed by atoms with Crippen LogP contribution in [0.15, 0.2) is 30.3 Å². The molecule has 0 spiro atoms. The molecule has 0 radical (unpaired) electrons. The SMILES string of the molecule is CC(C)CCCCCSCCc1ccccc1. The van der Waals surface area contributed by atoms with Crippen molar-refractivity contribution in [1.29, 1.82) is 0 Å². The van der Waals surface area contributed by atoms with Crippen LogP contribution < -0.4 is 0 Å². The van der Waals surface area contributed by atoms with Crippen molar-refractivity contribution in [2.45, 2.75) is 46.0 Å². The average molecular weight is 250 g/mol. The summed E-state index contributed by atoms with van der Waals surface area (Å²) in [6, 6.07) is 10.8. The van der Waals surface area contributed by atoms with E-state index in [0.29, 0.717) is 0 Å². The molecular weight excluding hydrogens is 224 g/mol. The van der Waals surface area contributed by atoms with Crippen molar-refractivity contribution in [3.05, 3.63) is 35.9 Å². The maximum atomic E-state index is 2.31. The molecule has 0 unspecified atom stereocenters. The Morgan fingerprint density at radius 2 is 1.71 bits per heavy atom. The minimum Gasteiger partial charge on any atom is -0.162 e. The van der Waals surface area contributed by atoms with Crippen molar-refractivity contribution < 1.29 is 0 Å². The number of benzene rings is 1. The number of aryl methyl sites for hydroxylation is 1. The number of rotatable bonds is 9. The van der Waals surface area contributed by atoms with E-state index in [2.05, 4.69) is 55.9 Å². The molecule has 1 rings (SSSR count). The van der Waals surface area contributed by atoms with Crippen LogP contribution >= 0.6 is 11.8 Å². The number of unbranched alkanes of at least 4 members (excludes halogenated alkanes) is 2. The molecule has 0 aromatic heterocycles. The van der Waals surface area contributed by atoms with E-state index < -0.39 is 0 Å². The molecule has 0 heterocycles. The maximum Gasteiger partial charge on any atom is -0.00270 e. The van der Waals surface area contributed by atoms with Crippen molar-refractivity contribution >= 4 is 11.8 Å². The number of hydrogen-bond acceptors (Lipinski definition) is 1. The molecular formula is C16H26S. The molecule has 0 bridgehead atoms. The first-order chi connectivity index (χ1) is 8.29. The lowest BCUT2D eigenvalue weighted by Crippen LogP contribution is -1.91. The van der Waals surface area contributed by atoms with Gasteiger partial charge in [-0.1, -0.05) is 63.4 Å². The van der Waals surface area contributed by atoms with Gasteiger partial charge in [0, 0.05) is 0 Å². The van der Waals surface area contributed by atoms with E-state index >= 15 is 0 Å². The molecule has 0 nitrogen and oxygen atoms in total. The summed E-state index contributed by atoms with van der Waals surface area (Å²) in [6.45, 7) is 4.63.